The summed E-state index contributed by atoms with van der Waals surface area (Å²) in [5.74, 6) is 1.72. The first-order valence-electron chi connectivity index (χ1n) is 7.95. The second-order valence-electron chi connectivity index (χ2n) is 5.11. The Balaban J connectivity index is 1.60. The third-order valence-electron chi connectivity index (χ3n) is 3.37. The monoisotopic (exact) mass is 329 g/mol. The molecule has 1 amide bonds. The summed E-state index contributed by atoms with van der Waals surface area (Å²) in [5, 5.41) is 2.90. The predicted octanol–water partition coefficient (Wildman–Crippen LogP) is 3.93. The maximum absolute atomic E-state index is 11.8. The largest absolute Gasteiger partial charge is 0.483 e. The topological polar surface area (TPSA) is 38.3 Å². The van der Waals surface area contributed by atoms with E-state index >= 15 is 0 Å². The first-order chi connectivity index (χ1) is 11.3. The summed E-state index contributed by atoms with van der Waals surface area (Å²) in [6.07, 6.45) is 1.84. The molecule has 0 radical (unpaired) electrons. The summed E-state index contributed by atoms with van der Waals surface area (Å²) in [7, 11) is 0. The van der Waals surface area contributed by atoms with Crippen molar-refractivity contribution in [2.75, 3.05) is 18.9 Å². The predicted molar refractivity (Wildman–Crippen MR) is 96.1 cm³/mol. The Hall–Kier alpha value is -1.94. The number of rotatable bonds is 9. The van der Waals surface area contributed by atoms with E-state index in [0.717, 1.165) is 29.9 Å². The lowest BCUT2D eigenvalue weighted by Gasteiger charge is -2.10. The van der Waals surface area contributed by atoms with E-state index in [2.05, 4.69) is 24.4 Å². The molecule has 3 nitrogen and oxygen atoms in total. The van der Waals surface area contributed by atoms with Crippen LogP contribution in [0.5, 0.6) is 5.75 Å². The van der Waals surface area contributed by atoms with Crippen molar-refractivity contribution in [3.05, 3.63) is 60.2 Å². The van der Waals surface area contributed by atoms with Gasteiger partial charge in [0.2, 0.25) is 0 Å². The average Bonchev–Trinajstić information content (AvgIpc) is 2.60. The molecule has 0 bridgehead atoms. The Bertz CT molecular complexity index is 601. The summed E-state index contributed by atoms with van der Waals surface area (Å²) in [4.78, 5) is 13.1. The number of para-hydroxylation sites is 1. The molecule has 0 saturated heterocycles. The van der Waals surface area contributed by atoms with Crippen LogP contribution < -0.4 is 10.1 Å². The number of hydrogen-bond acceptors (Lipinski definition) is 3. The summed E-state index contributed by atoms with van der Waals surface area (Å²) < 4.78 is 5.60. The van der Waals surface area contributed by atoms with Crippen LogP contribution in [-0.2, 0) is 11.2 Å². The maximum atomic E-state index is 11.8. The maximum Gasteiger partial charge on any atom is 0.257 e. The fraction of sp³-hybridized carbons (Fsp3) is 0.316. The Morgan fingerprint density at radius 2 is 1.83 bits per heavy atom. The average molecular weight is 329 g/mol. The molecule has 2 aromatic rings. The molecule has 122 valence electrons. The number of hydrogen-bond donors (Lipinski definition) is 1. The van der Waals surface area contributed by atoms with Crippen LogP contribution in [0.15, 0.2) is 59.5 Å². The van der Waals surface area contributed by atoms with Gasteiger partial charge in [-0.3, -0.25) is 4.79 Å². The van der Waals surface area contributed by atoms with Gasteiger partial charge in [0.15, 0.2) is 6.61 Å². The molecule has 23 heavy (non-hydrogen) atoms. The van der Waals surface area contributed by atoms with E-state index < -0.39 is 0 Å². The van der Waals surface area contributed by atoms with Gasteiger partial charge >= 0.3 is 0 Å². The molecule has 4 heteroatoms. The Labute approximate surface area is 142 Å². The van der Waals surface area contributed by atoms with Gasteiger partial charge in [0.05, 0.1) is 0 Å². The van der Waals surface area contributed by atoms with Crippen LogP contribution >= 0.6 is 11.8 Å². The molecule has 0 unspecified atom stereocenters. The molecular formula is C19H23NO2S. The van der Waals surface area contributed by atoms with Gasteiger partial charge < -0.3 is 10.1 Å². The van der Waals surface area contributed by atoms with Crippen LogP contribution in [-0.4, -0.2) is 24.8 Å². The molecule has 0 aliphatic heterocycles. The van der Waals surface area contributed by atoms with E-state index in [1.54, 1.807) is 11.8 Å². The van der Waals surface area contributed by atoms with Gasteiger partial charge in [-0.05, 0) is 42.4 Å². The molecule has 0 aromatic heterocycles. The molecule has 0 aliphatic carbocycles. The highest BCUT2D eigenvalue weighted by molar-refractivity contribution is 7.99. The van der Waals surface area contributed by atoms with Crippen molar-refractivity contribution < 1.29 is 9.53 Å². The number of thioether (sulfide) groups is 1. The molecule has 0 fully saturated rings. The fourth-order valence-electron chi connectivity index (χ4n) is 2.14. The van der Waals surface area contributed by atoms with Crippen LogP contribution in [0.3, 0.4) is 0 Å². The zero-order chi connectivity index (χ0) is 16.3. The number of carbonyl (C=O) groups excluding carboxylic acids is 1. The van der Waals surface area contributed by atoms with Crippen molar-refractivity contribution in [3.8, 4) is 5.75 Å². The minimum atomic E-state index is -0.0689. The Morgan fingerprint density at radius 3 is 2.61 bits per heavy atom. The molecule has 0 heterocycles. The van der Waals surface area contributed by atoms with Gasteiger partial charge in [-0.15, -0.1) is 11.8 Å². The van der Waals surface area contributed by atoms with Gasteiger partial charge in [0.1, 0.15) is 5.75 Å². The normalized spacial score (nSPS) is 10.3. The van der Waals surface area contributed by atoms with Crippen molar-refractivity contribution in [1.82, 2.24) is 5.32 Å². The third kappa shape index (κ3) is 6.37. The highest BCUT2D eigenvalue weighted by Gasteiger charge is 2.05. The first kappa shape index (κ1) is 17.4. The number of nitrogens with one attached hydrogen (secondary N) is 1. The number of ether oxygens (including phenoxy) is 1. The van der Waals surface area contributed by atoms with Crippen molar-refractivity contribution >= 4 is 17.7 Å². The second kappa shape index (κ2) is 9.95. The van der Waals surface area contributed by atoms with E-state index in [0.29, 0.717) is 6.54 Å². The molecule has 1 N–H and O–H groups in total. The Morgan fingerprint density at radius 1 is 1.09 bits per heavy atom. The molecule has 0 atom stereocenters. The van der Waals surface area contributed by atoms with E-state index in [1.165, 1.54) is 4.90 Å². The van der Waals surface area contributed by atoms with E-state index in [1.807, 2.05) is 42.5 Å². The van der Waals surface area contributed by atoms with Crippen molar-refractivity contribution in [2.45, 2.75) is 24.7 Å². The van der Waals surface area contributed by atoms with E-state index in [4.69, 9.17) is 4.74 Å². The fourth-order valence-corrected chi connectivity index (χ4v) is 3.01. The minimum Gasteiger partial charge on any atom is -0.483 e. The van der Waals surface area contributed by atoms with Gasteiger partial charge in [-0.2, -0.15) is 0 Å². The molecular weight excluding hydrogens is 306 g/mol. The number of amides is 1. The molecule has 2 rings (SSSR count). The quantitative estimate of drug-likeness (QED) is 0.560. The highest BCUT2D eigenvalue weighted by atomic mass is 32.2. The van der Waals surface area contributed by atoms with Crippen LogP contribution in [0.2, 0.25) is 0 Å². The standard InChI is InChI=1S/C19H23NO2S/c1-2-16-9-6-7-12-18(16)22-15-19(21)20-13-8-14-23-17-10-4-3-5-11-17/h3-7,9-12H,2,8,13-15H2,1H3,(H,20,21). The number of carbonyl (C=O) groups is 1. The smallest absolute Gasteiger partial charge is 0.257 e. The zero-order valence-electron chi connectivity index (χ0n) is 13.5. The lowest BCUT2D eigenvalue weighted by Crippen LogP contribution is -2.30. The van der Waals surface area contributed by atoms with Gasteiger partial charge in [-0.1, -0.05) is 43.3 Å². The van der Waals surface area contributed by atoms with Crippen LogP contribution in [0.1, 0.15) is 18.9 Å². The van der Waals surface area contributed by atoms with Gasteiger partial charge in [0.25, 0.3) is 5.91 Å². The highest BCUT2D eigenvalue weighted by Crippen LogP contribution is 2.18. The number of benzene rings is 2. The molecule has 0 aliphatic rings. The summed E-state index contributed by atoms with van der Waals surface area (Å²) in [6, 6.07) is 18.1. The first-order valence-corrected chi connectivity index (χ1v) is 8.93. The SMILES string of the molecule is CCc1ccccc1OCC(=O)NCCCSc1ccccc1. The lowest BCUT2D eigenvalue weighted by atomic mass is 10.1. The number of aryl methyl sites for hydroxylation is 1. The van der Waals surface area contributed by atoms with Crippen molar-refractivity contribution in [3.63, 3.8) is 0 Å². The minimum absolute atomic E-state index is 0.0689. The molecule has 0 saturated carbocycles. The van der Waals surface area contributed by atoms with E-state index in [-0.39, 0.29) is 12.5 Å². The second-order valence-corrected chi connectivity index (χ2v) is 6.28. The van der Waals surface area contributed by atoms with Crippen LogP contribution in [0.25, 0.3) is 0 Å². The van der Waals surface area contributed by atoms with Crippen LogP contribution in [0.4, 0.5) is 0 Å². The Kier molecular flexibility index (Phi) is 7.54. The van der Waals surface area contributed by atoms with Crippen LogP contribution in [0, 0.1) is 0 Å². The van der Waals surface area contributed by atoms with Crippen molar-refractivity contribution in [1.29, 1.82) is 0 Å². The van der Waals surface area contributed by atoms with E-state index in [9.17, 15) is 4.79 Å². The van der Waals surface area contributed by atoms with Crippen molar-refractivity contribution in [2.24, 2.45) is 0 Å². The summed E-state index contributed by atoms with van der Waals surface area (Å²) in [5.41, 5.74) is 1.12. The molecule has 0 spiro atoms. The zero-order valence-corrected chi connectivity index (χ0v) is 14.3. The lowest BCUT2D eigenvalue weighted by molar-refractivity contribution is -0.123. The van der Waals surface area contributed by atoms with Gasteiger partial charge in [-0.25, -0.2) is 0 Å². The summed E-state index contributed by atoms with van der Waals surface area (Å²) >= 11 is 1.80. The summed E-state index contributed by atoms with van der Waals surface area (Å²) in [6.45, 7) is 2.83. The molecule has 2 aromatic carbocycles. The van der Waals surface area contributed by atoms with Gasteiger partial charge in [0, 0.05) is 11.4 Å². The third-order valence-corrected chi connectivity index (χ3v) is 4.47.